The van der Waals surface area contributed by atoms with E-state index in [4.69, 9.17) is 0 Å². The Hall–Kier alpha value is -0.910. The monoisotopic (exact) mass is 328 g/mol. The molecular weight excluding hydrogens is 308 g/mol. The van der Waals surface area contributed by atoms with E-state index in [-0.39, 0.29) is 29.6 Å². The molecule has 4 nitrogen and oxygen atoms in total. The molecule has 1 aromatic rings. The summed E-state index contributed by atoms with van der Waals surface area (Å²) in [5.74, 6) is 0.270. The number of amides is 1. The van der Waals surface area contributed by atoms with E-state index in [1.165, 1.54) is 0 Å². The van der Waals surface area contributed by atoms with Gasteiger partial charge in [0, 0.05) is 33.6 Å². The maximum atomic E-state index is 12.3. The lowest BCUT2D eigenvalue weighted by molar-refractivity contribution is -0.118. The molecule has 1 saturated heterocycles. The lowest BCUT2D eigenvalue weighted by Crippen LogP contribution is -2.31. The molecule has 1 aliphatic heterocycles. The van der Waals surface area contributed by atoms with Gasteiger partial charge in [0.1, 0.15) is 0 Å². The minimum Gasteiger partial charge on any atom is -0.326 e. The Morgan fingerprint density at radius 3 is 2.76 bits per heavy atom. The first-order chi connectivity index (χ1) is 9.61. The van der Waals surface area contributed by atoms with Gasteiger partial charge >= 0.3 is 0 Å². The van der Waals surface area contributed by atoms with Gasteiger partial charge in [-0.1, -0.05) is 6.07 Å². The first kappa shape index (κ1) is 16.5. The van der Waals surface area contributed by atoms with Crippen LogP contribution in [-0.4, -0.2) is 29.5 Å². The summed E-state index contributed by atoms with van der Waals surface area (Å²) in [5, 5.41) is 6.32. The summed E-state index contributed by atoms with van der Waals surface area (Å²) >= 11 is 0. The van der Waals surface area contributed by atoms with Crippen molar-refractivity contribution in [3.8, 4) is 0 Å². The predicted molar refractivity (Wildman–Crippen MR) is 87.3 cm³/mol. The second kappa shape index (κ2) is 6.46. The van der Waals surface area contributed by atoms with Gasteiger partial charge in [0.05, 0.1) is 0 Å². The molecule has 1 aromatic carbocycles. The predicted octanol–water partition coefficient (Wildman–Crippen LogP) is 2.17. The van der Waals surface area contributed by atoms with Crippen LogP contribution in [0.15, 0.2) is 29.2 Å². The minimum atomic E-state index is -1.02. The molecule has 3 rings (SSSR count). The van der Waals surface area contributed by atoms with Gasteiger partial charge < -0.3 is 10.6 Å². The van der Waals surface area contributed by atoms with Crippen LogP contribution in [0.25, 0.3) is 0 Å². The Bertz CT molecular complexity index is 558. The second-order valence-electron chi connectivity index (χ2n) is 5.84. The molecule has 0 radical (unpaired) electrons. The lowest BCUT2D eigenvalue weighted by Gasteiger charge is -2.23. The Balaban J connectivity index is 0.00000161. The van der Waals surface area contributed by atoms with Crippen LogP contribution in [0.3, 0.4) is 0 Å². The summed E-state index contributed by atoms with van der Waals surface area (Å²) in [5.41, 5.74) is 0.999. The fraction of sp³-hybridized carbons (Fsp3) is 0.533. The topological polar surface area (TPSA) is 58.2 Å². The van der Waals surface area contributed by atoms with Crippen LogP contribution in [0.2, 0.25) is 0 Å². The summed E-state index contributed by atoms with van der Waals surface area (Å²) in [6.45, 7) is 2.04. The van der Waals surface area contributed by atoms with Crippen molar-refractivity contribution in [3.05, 3.63) is 24.3 Å². The van der Waals surface area contributed by atoms with E-state index >= 15 is 0 Å². The Morgan fingerprint density at radius 1 is 1.38 bits per heavy atom. The average Bonchev–Trinajstić information content (AvgIpc) is 3.13. The molecule has 1 heterocycles. The van der Waals surface area contributed by atoms with E-state index in [0.29, 0.717) is 0 Å². The normalized spacial score (nSPS) is 24.0. The summed E-state index contributed by atoms with van der Waals surface area (Å²) in [6, 6.07) is 7.30. The molecule has 1 aliphatic carbocycles. The van der Waals surface area contributed by atoms with E-state index in [1.54, 1.807) is 12.3 Å². The molecule has 6 heteroatoms. The summed E-state index contributed by atoms with van der Waals surface area (Å²) in [7, 11) is -1.02. The third-order valence-corrected chi connectivity index (χ3v) is 5.46. The number of rotatable bonds is 3. The van der Waals surface area contributed by atoms with Crippen molar-refractivity contribution < 1.29 is 9.00 Å². The Labute approximate surface area is 133 Å². The van der Waals surface area contributed by atoms with Gasteiger partial charge in [-0.15, -0.1) is 12.4 Å². The summed E-state index contributed by atoms with van der Waals surface area (Å²) in [6.07, 6.45) is 4.86. The Morgan fingerprint density at radius 2 is 2.10 bits per heavy atom. The van der Waals surface area contributed by atoms with Gasteiger partial charge in [-0.3, -0.25) is 9.00 Å². The maximum Gasteiger partial charge on any atom is 0.228 e. The number of nitrogens with one attached hydrogen (secondary N) is 2. The van der Waals surface area contributed by atoms with Crippen molar-refractivity contribution in [2.45, 2.75) is 24.2 Å². The van der Waals surface area contributed by atoms with Crippen molar-refractivity contribution in [3.63, 3.8) is 0 Å². The highest BCUT2D eigenvalue weighted by Crippen LogP contribution is 2.58. The van der Waals surface area contributed by atoms with Crippen LogP contribution < -0.4 is 10.6 Å². The Kier molecular flexibility index (Phi) is 5.07. The van der Waals surface area contributed by atoms with E-state index in [0.717, 1.165) is 42.9 Å². The van der Waals surface area contributed by atoms with Crippen molar-refractivity contribution in [2.75, 3.05) is 24.7 Å². The number of benzene rings is 1. The first-order valence-electron chi connectivity index (χ1n) is 7.06. The van der Waals surface area contributed by atoms with Gasteiger partial charge in [-0.05, 0) is 56.0 Å². The highest BCUT2D eigenvalue weighted by atomic mass is 35.5. The zero-order chi connectivity index (χ0) is 14.2. The number of hydrogen-bond donors (Lipinski definition) is 2. The molecule has 1 spiro atoms. The summed E-state index contributed by atoms with van der Waals surface area (Å²) < 4.78 is 11.5. The molecule has 2 atom stereocenters. The molecule has 2 fully saturated rings. The first-order valence-corrected chi connectivity index (χ1v) is 8.62. The molecule has 21 heavy (non-hydrogen) atoms. The molecule has 0 bridgehead atoms. The number of anilines is 1. The zero-order valence-electron chi connectivity index (χ0n) is 12.1. The summed E-state index contributed by atoms with van der Waals surface area (Å²) in [4.78, 5) is 13.1. The number of hydrogen-bond acceptors (Lipinski definition) is 3. The zero-order valence-corrected chi connectivity index (χ0v) is 13.7. The van der Waals surface area contributed by atoms with E-state index in [1.807, 2.05) is 18.2 Å². The van der Waals surface area contributed by atoms with Gasteiger partial charge in [0.2, 0.25) is 5.91 Å². The molecule has 1 saturated carbocycles. The molecule has 2 N–H and O–H groups in total. The SMILES string of the molecule is CS(=O)c1cccc(NC(=O)C2CC23CCNCC3)c1.Cl. The third-order valence-electron chi connectivity index (χ3n) is 4.54. The number of piperidine rings is 1. The smallest absolute Gasteiger partial charge is 0.228 e. The standard InChI is InChI=1S/C15H20N2O2S.ClH/c1-20(19)12-4-2-3-11(9-12)17-14(18)13-10-15(13)5-7-16-8-6-15;/h2-4,9,13,16H,5-8,10H2,1H3,(H,17,18);1H. The molecule has 116 valence electrons. The van der Waals surface area contributed by atoms with Crippen molar-refractivity contribution in [2.24, 2.45) is 11.3 Å². The van der Waals surface area contributed by atoms with E-state index in [2.05, 4.69) is 10.6 Å². The second-order valence-corrected chi connectivity index (χ2v) is 7.22. The third kappa shape index (κ3) is 3.47. The average molecular weight is 329 g/mol. The van der Waals surface area contributed by atoms with Crippen LogP contribution in [-0.2, 0) is 15.6 Å². The van der Waals surface area contributed by atoms with Gasteiger partial charge in [0.15, 0.2) is 0 Å². The molecule has 1 amide bonds. The maximum absolute atomic E-state index is 12.3. The van der Waals surface area contributed by atoms with E-state index in [9.17, 15) is 9.00 Å². The molecule has 0 aromatic heterocycles. The quantitative estimate of drug-likeness (QED) is 0.894. The number of carbonyl (C=O) groups excluding carboxylic acids is 1. The fourth-order valence-electron chi connectivity index (χ4n) is 3.18. The minimum absolute atomic E-state index is 0. The van der Waals surface area contributed by atoms with Crippen molar-refractivity contribution in [1.82, 2.24) is 5.32 Å². The number of halogens is 1. The fourth-order valence-corrected chi connectivity index (χ4v) is 3.74. The lowest BCUT2D eigenvalue weighted by atomic mass is 9.92. The van der Waals surface area contributed by atoms with Gasteiger partial charge in [-0.25, -0.2) is 0 Å². The van der Waals surface area contributed by atoms with Crippen molar-refractivity contribution >= 4 is 34.8 Å². The molecular formula is C15H21ClN2O2S. The van der Waals surface area contributed by atoms with E-state index < -0.39 is 10.8 Å². The van der Waals surface area contributed by atoms with Gasteiger partial charge in [-0.2, -0.15) is 0 Å². The van der Waals surface area contributed by atoms with Crippen LogP contribution in [0.1, 0.15) is 19.3 Å². The number of carbonyl (C=O) groups is 1. The largest absolute Gasteiger partial charge is 0.326 e. The van der Waals surface area contributed by atoms with Crippen LogP contribution in [0, 0.1) is 11.3 Å². The molecule has 2 aliphatic rings. The molecule has 2 unspecified atom stereocenters. The van der Waals surface area contributed by atoms with Crippen LogP contribution >= 0.6 is 12.4 Å². The highest BCUT2D eigenvalue weighted by Gasteiger charge is 2.57. The van der Waals surface area contributed by atoms with Crippen LogP contribution in [0.4, 0.5) is 5.69 Å². The van der Waals surface area contributed by atoms with Gasteiger partial charge in [0.25, 0.3) is 0 Å². The van der Waals surface area contributed by atoms with Crippen molar-refractivity contribution in [1.29, 1.82) is 0 Å². The highest BCUT2D eigenvalue weighted by molar-refractivity contribution is 7.84. The van der Waals surface area contributed by atoms with Crippen LogP contribution in [0.5, 0.6) is 0 Å².